The van der Waals surface area contributed by atoms with Crippen LogP contribution in [0.2, 0.25) is 0 Å². The zero-order valence-corrected chi connectivity index (χ0v) is 15.1. The lowest BCUT2D eigenvalue weighted by Crippen LogP contribution is -2.36. The molecular formula is C21H30O2. The second-order valence-electron chi connectivity index (χ2n) is 7.83. The van der Waals surface area contributed by atoms with Gasteiger partial charge in [0.2, 0.25) is 0 Å². The predicted molar refractivity (Wildman–Crippen MR) is 95.1 cm³/mol. The van der Waals surface area contributed by atoms with Crippen molar-refractivity contribution in [3.8, 4) is 0 Å². The molecule has 23 heavy (non-hydrogen) atoms. The molecule has 2 aliphatic carbocycles. The van der Waals surface area contributed by atoms with Gasteiger partial charge in [0.05, 0.1) is 0 Å². The van der Waals surface area contributed by atoms with Crippen molar-refractivity contribution in [1.29, 1.82) is 0 Å². The molecule has 0 N–H and O–H groups in total. The lowest BCUT2D eigenvalue weighted by molar-refractivity contribution is -0.115. The molecule has 2 nitrogen and oxygen atoms in total. The number of carbonyl (C=O) groups is 2. The topological polar surface area (TPSA) is 34.1 Å². The van der Waals surface area contributed by atoms with E-state index in [9.17, 15) is 9.59 Å². The number of Topliss-reactive ketones (excluding diaryl/α,β-unsaturated/α-hetero) is 1. The van der Waals surface area contributed by atoms with Crippen LogP contribution in [0, 0.1) is 22.7 Å². The van der Waals surface area contributed by atoms with Crippen molar-refractivity contribution in [1.82, 2.24) is 0 Å². The van der Waals surface area contributed by atoms with E-state index in [2.05, 4.69) is 40.9 Å². The van der Waals surface area contributed by atoms with Crippen LogP contribution < -0.4 is 0 Å². The third-order valence-corrected chi connectivity index (χ3v) is 6.79. The van der Waals surface area contributed by atoms with Gasteiger partial charge in [-0.25, -0.2) is 0 Å². The highest BCUT2D eigenvalue weighted by atomic mass is 16.1. The number of hydrogen-bond donors (Lipinski definition) is 0. The smallest absolute Gasteiger partial charge is 0.159 e. The molecule has 0 radical (unpaired) electrons. The monoisotopic (exact) mass is 314 g/mol. The van der Waals surface area contributed by atoms with Crippen LogP contribution in [0.25, 0.3) is 0 Å². The number of allylic oxidation sites excluding steroid dienone is 4. The van der Waals surface area contributed by atoms with Crippen molar-refractivity contribution in [3.05, 3.63) is 36.0 Å². The summed E-state index contributed by atoms with van der Waals surface area (Å²) >= 11 is 0. The number of carbonyl (C=O) groups excluding carboxylic acids is 2. The molecular weight excluding hydrogens is 284 g/mol. The second kappa shape index (κ2) is 6.22. The summed E-state index contributed by atoms with van der Waals surface area (Å²) in [5.74, 6) is 0.898. The predicted octanol–water partition coefficient (Wildman–Crippen LogP) is 5.06. The number of rotatable bonds is 6. The first-order valence-corrected chi connectivity index (χ1v) is 8.74. The molecule has 0 aliphatic heterocycles. The van der Waals surface area contributed by atoms with Crippen molar-refractivity contribution < 1.29 is 9.59 Å². The molecule has 0 bridgehead atoms. The molecule has 0 spiro atoms. The van der Waals surface area contributed by atoms with Crippen LogP contribution >= 0.6 is 0 Å². The molecule has 1 fully saturated rings. The molecule has 0 heterocycles. The van der Waals surface area contributed by atoms with Crippen molar-refractivity contribution in [2.24, 2.45) is 22.7 Å². The van der Waals surface area contributed by atoms with Gasteiger partial charge in [0.25, 0.3) is 0 Å². The highest BCUT2D eigenvalue weighted by Gasteiger charge is 2.51. The summed E-state index contributed by atoms with van der Waals surface area (Å²) in [5.41, 5.74) is 2.92. The van der Waals surface area contributed by atoms with Gasteiger partial charge in [0, 0.05) is 23.8 Å². The minimum Gasteiger partial charge on any atom is -0.303 e. The lowest BCUT2D eigenvalue weighted by atomic mass is 9.58. The van der Waals surface area contributed by atoms with Gasteiger partial charge in [0.15, 0.2) is 5.78 Å². The Hall–Kier alpha value is -1.44. The highest BCUT2D eigenvalue weighted by Crippen LogP contribution is 2.58. The molecule has 0 aromatic rings. The Labute approximate surface area is 140 Å². The fourth-order valence-corrected chi connectivity index (χ4v) is 4.53. The van der Waals surface area contributed by atoms with E-state index in [-0.39, 0.29) is 16.7 Å². The van der Waals surface area contributed by atoms with Crippen molar-refractivity contribution in [2.75, 3.05) is 0 Å². The van der Waals surface area contributed by atoms with Crippen LogP contribution in [0.5, 0.6) is 0 Å². The third-order valence-electron chi connectivity index (χ3n) is 6.79. The first kappa shape index (κ1) is 17.9. The second-order valence-corrected chi connectivity index (χ2v) is 7.83. The van der Waals surface area contributed by atoms with Gasteiger partial charge in [-0.2, -0.15) is 0 Å². The summed E-state index contributed by atoms with van der Waals surface area (Å²) in [7, 11) is 0. The number of aldehydes is 1. The van der Waals surface area contributed by atoms with E-state index in [1.807, 2.05) is 6.08 Å². The highest BCUT2D eigenvalue weighted by molar-refractivity contribution is 6.01. The van der Waals surface area contributed by atoms with E-state index in [1.54, 1.807) is 0 Å². The average molecular weight is 314 g/mol. The van der Waals surface area contributed by atoms with Crippen LogP contribution in [-0.4, -0.2) is 12.1 Å². The van der Waals surface area contributed by atoms with E-state index in [1.165, 1.54) is 5.57 Å². The van der Waals surface area contributed by atoms with Gasteiger partial charge < -0.3 is 4.79 Å². The van der Waals surface area contributed by atoms with Gasteiger partial charge in [-0.3, -0.25) is 4.79 Å². The average Bonchev–Trinajstić information content (AvgIpc) is 2.88. The zero-order valence-electron chi connectivity index (χ0n) is 15.1. The molecule has 0 aromatic heterocycles. The van der Waals surface area contributed by atoms with E-state index in [0.717, 1.165) is 36.7 Å². The summed E-state index contributed by atoms with van der Waals surface area (Å²) in [5, 5.41) is 0. The number of ketones is 1. The van der Waals surface area contributed by atoms with Gasteiger partial charge in [-0.05, 0) is 43.4 Å². The van der Waals surface area contributed by atoms with Crippen LogP contribution in [0.3, 0.4) is 0 Å². The van der Waals surface area contributed by atoms with Crippen molar-refractivity contribution in [2.45, 2.75) is 59.8 Å². The number of fused-ring (bicyclic) bond motifs is 1. The SMILES string of the molecule is C=CC(C)(CC=O)C(C)C(=C)C12CCC(=O)C1=C(C)C(C)CC2. The zero-order chi connectivity index (χ0) is 17.4. The molecule has 2 aliphatic rings. The normalized spacial score (nSPS) is 31.3. The molecule has 4 atom stereocenters. The summed E-state index contributed by atoms with van der Waals surface area (Å²) in [6, 6.07) is 0. The summed E-state index contributed by atoms with van der Waals surface area (Å²) in [6.45, 7) is 16.9. The van der Waals surface area contributed by atoms with Crippen LogP contribution in [-0.2, 0) is 9.59 Å². The number of hydrogen-bond acceptors (Lipinski definition) is 2. The molecule has 4 unspecified atom stereocenters. The quantitative estimate of drug-likeness (QED) is 0.507. The Kier molecular flexibility index (Phi) is 4.84. The van der Waals surface area contributed by atoms with Gasteiger partial charge in [-0.15, -0.1) is 6.58 Å². The van der Waals surface area contributed by atoms with Crippen LogP contribution in [0.15, 0.2) is 36.0 Å². The van der Waals surface area contributed by atoms with Crippen LogP contribution in [0.4, 0.5) is 0 Å². The first-order valence-electron chi connectivity index (χ1n) is 8.74. The molecule has 0 amide bonds. The largest absolute Gasteiger partial charge is 0.303 e. The van der Waals surface area contributed by atoms with Crippen molar-refractivity contribution in [3.63, 3.8) is 0 Å². The summed E-state index contributed by atoms with van der Waals surface area (Å²) in [6.07, 6.45) is 6.90. The maximum absolute atomic E-state index is 12.6. The Morgan fingerprint density at radius 2 is 2.13 bits per heavy atom. The summed E-state index contributed by atoms with van der Waals surface area (Å²) in [4.78, 5) is 23.7. The van der Waals surface area contributed by atoms with Gasteiger partial charge in [0.1, 0.15) is 6.29 Å². The van der Waals surface area contributed by atoms with E-state index >= 15 is 0 Å². The Bertz CT molecular complexity index is 583. The first-order chi connectivity index (χ1) is 10.7. The molecule has 1 saturated carbocycles. The summed E-state index contributed by atoms with van der Waals surface area (Å²) < 4.78 is 0. The Morgan fingerprint density at radius 1 is 1.48 bits per heavy atom. The molecule has 2 heteroatoms. The minimum atomic E-state index is -0.304. The maximum Gasteiger partial charge on any atom is 0.159 e. The maximum atomic E-state index is 12.6. The van der Waals surface area contributed by atoms with E-state index in [4.69, 9.17) is 0 Å². The van der Waals surface area contributed by atoms with E-state index < -0.39 is 0 Å². The minimum absolute atomic E-state index is 0.118. The third kappa shape index (κ3) is 2.66. The molecule has 0 aromatic carbocycles. The molecule has 126 valence electrons. The Morgan fingerprint density at radius 3 is 2.70 bits per heavy atom. The lowest BCUT2D eigenvalue weighted by Gasteiger charge is -2.45. The molecule has 2 rings (SSSR count). The van der Waals surface area contributed by atoms with Gasteiger partial charge in [-0.1, -0.05) is 44.6 Å². The Balaban J connectivity index is 2.47. The van der Waals surface area contributed by atoms with Crippen molar-refractivity contribution >= 4 is 12.1 Å². The van der Waals surface area contributed by atoms with Crippen LogP contribution in [0.1, 0.15) is 59.8 Å². The molecule has 0 saturated heterocycles. The standard InChI is InChI=1S/C21H30O2/c1-7-20(6,12-13-22)16(4)17(5)21-10-8-14(2)15(3)19(21)18(23)9-11-21/h7,13-14,16H,1,5,8-12H2,2-4,6H3. The van der Waals surface area contributed by atoms with E-state index in [0.29, 0.717) is 24.5 Å². The fraction of sp³-hybridized carbons (Fsp3) is 0.619. The fourth-order valence-electron chi connectivity index (χ4n) is 4.53. The van der Waals surface area contributed by atoms with Gasteiger partial charge >= 0.3 is 0 Å².